The van der Waals surface area contributed by atoms with Crippen molar-refractivity contribution in [3.63, 3.8) is 0 Å². The molecule has 3 atom stereocenters. The number of pyridine rings is 2. The van der Waals surface area contributed by atoms with E-state index in [0.717, 1.165) is 28.5 Å². The Kier molecular flexibility index (Phi) is 23.2. The van der Waals surface area contributed by atoms with Crippen molar-refractivity contribution >= 4 is 77.6 Å². The van der Waals surface area contributed by atoms with Crippen molar-refractivity contribution in [2.24, 2.45) is 5.92 Å². The van der Waals surface area contributed by atoms with Crippen molar-refractivity contribution in [3.05, 3.63) is 74.3 Å². The van der Waals surface area contributed by atoms with Crippen molar-refractivity contribution in [2.75, 3.05) is 124 Å². The van der Waals surface area contributed by atoms with Crippen LogP contribution in [0, 0.1) is 11.7 Å². The van der Waals surface area contributed by atoms with Crippen LogP contribution >= 0.6 is 11.3 Å². The molecule has 2 aromatic carbocycles. The number of halogens is 1. The SMILES string of the molecule is CC[C@@]1(O)C(=O)OCc2c1cc1n(c2=O)Cc2c-1nc1ccc(NC(=O)[C@H](C)NC(=O)[C@@H](NC(=O)CCOCCOCCOCCOCCOCCOCCOCCOCCNC(=O)c3cc4sc(S(=O)(=O)C5CC5)nc4cc3F)C(C)C)c3c1c2CCO3. The highest BCUT2D eigenvalue weighted by Crippen LogP contribution is 2.45. The van der Waals surface area contributed by atoms with Gasteiger partial charge in [-0.2, -0.15) is 0 Å². The van der Waals surface area contributed by atoms with Crippen molar-refractivity contribution < 1.29 is 89.3 Å². The molecule has 89 heavy (non-hydrogen) atoms. The second-order valence-electron chi connectivity index (χ2n) is 21.9. The summed E-state index contributed by atoms with van der Waals surface area (Å²) < 4.78 is 97.1. The van der Waals surface area contributed by atoms with Crippen LogP contribution in [-0.2, 0) is 96.8 Å². The van der Waals surface area contributed by atoms with Gasteiger partial charge in [-0.1, -0.05) is 20.8 Å². The Morgan fingerprint density at radius 1 is 0.764 bits per heavy atom. The number of anilines is 1. The predicted octanol–water partition coefficient (Wildman–Crippen LogP) is 3.24. The summed E-state index contributed by atoms with van der Waals surface area (Å²) in [6, 6.07) is 5.53. The minimum atomic E-state index is -3.52. The van der Waals surface area contributed by atoms with Gasteiger partial charge in [0.1, 0.15) is 24.5 Å². The predicted molar refractivity (Wildman–Crippen MR) is 320 cm³/mol. The van der Waals surface area contributed by atoms with E-state index in [4.69, 9.17) is 52.4 Å². The maximum atomic E-state index is 14.7. The van der Waals surface area contributed by atoms with Crippen molar-refractivity contribution in [1.82, 2.24) is 30.5 Å². The van der Waals surface area contributed by atoms with E-state index in [2.05, 4.69) is 26.3 Å². The third kappa shape index (κ3) is 16.3. The summed E-state index contributed by atoms with van der Waals surface area (Å²) in [6.45, 7) is 12.3. The molecule has 0 bridgehead atoms. The number of carbonyl (C=O) groups excluding carboxylic acids is 5. The van der Waals surface area contributed by atoms with Crippen LogP contribution in [0.15, 0.2) is 39.5 Å². The molecule has 29 heteroatoms. The van der Waals surface area contributed by atoms with Gasteiger partial charge in [-0.25, -0.2) is 27.6 Å². The number of ether oxygens (including phenoxy) is 10. The Labute approximate surface area is 517 Å². The van der Waals surface area contributed by atoms with Gasteiger partial charge >= 0.3 is 5.97 Å². The number of benzene rings is 2. The third-order valence-electron chi connectivity index (χ3n) is 15.3. The summed E-state index contributed by atoms with van der Waals surface area (Å²) in [7, 11) is -3.52. The van der Waals surface area contributed by atoms with Crippen LogP contribution in [0.2, 0.25) is 0 Å². The fraction of sp³-hybridized carbons (Fsp3) is 0.567. The molecule has 1 fully saturated rings. The first-order chi connectivity index (χ1) is 42.9. The highest BCUT2D eigenvalue weighted by molar-refractivity contribution is 7.94. The first-order valence-electron chi connectivity index (χ1n) is 29.8. The molecule has 5 N–H and O–H groups in total. The molecule has 9 rings (SSSR count). The lowest BCUT2D eigenvalue weighted by Crippen LogP contribution is -2.53. The quantitative estimate of drug-likeness (QED) is 0.0276. The molecule has 0 radical (unpaired) electrons. The molecule has 6 heterocycles. The van der Waals surface area contributed by atoms with Crippen LogP contribution in [0.4, 0.5) is 10.1 Å². The molecular weight excluding hydrogens is 1210 g/mol. The molecule has 4 amide bonds. The lowest BCUT2D eigenvalue weighted by Gasteiger charge is -2.31. The molecule has 1 saturated carbocycles. The lowest BCUT2D eigenvalue weighted by molar-refractivity contribution is -0.172. The van der Waals surface area contributed by atoms with E-state index in [1.54, 1.807) is 43.5 Å². The average molecular weight is 1280 g/mol. The topological polar surface area (TPSA) is 328 Å². The number of sulfone groups is 1. The molecule has 484 valence electrons. The Morgan fingerprint density at radius 3 is 1.97 bits per heavy atom. The van der Waals surface area contributed by atoms with Gasteiger partial charge in [0, 0.05) is 42.0 Å². The molecule has 0 spiro atoms. The van der Waals surface area contributed by atoms with Gasteiger partial charge in [0.15, 0.2) is 11.4 Å². The summed E-state index contributed by atoms with van der Waals surface area (Å²) in [5.41, 5.74) is 1.82. The Morgan fingerprint density at radius 2 is 1.37 bits per heavy atom. The minimum absolute atomic E-state index is 0.00478. The molecule has 3 aromatic heterocycles. The van der Waals surface area contributed by atoms with Crippen molar-refractivity contribution in [2.45, 2.75) is 100 Å². The molecular formula is C60H76FN7O19S2. The van der Waals surface area contributed by atoms with E-state index in [9.17, 15) is 46.7 Å². The van der Waals surface area contributed by atoms with Gasteiger partial charge in [0.2, 0.25) is 31.9 Å². The van der Waals surface area contributed by atoms with Crippen LogP contribution in [0.1, 0.15) is 86.0 Å². The molecule has 0 unspecified atom stereocenters. The fourth-order valence-electron chi connectivity index (χ4n) is 10.3. The number of fused-ring (bicyclic) bond motifs is 6. The molecule has 1 aliphatic carbocycles. The zero-order valence-corrected chi connectivity index (χ0v) is 51.8. The zero-order chi connectivity index (χ0) is 63.2. The molecule has 26 nitrogen and oxygen atoms in total. The van der Waals surface area contributed by atoms with Crippen molar-refractivity contribution in [3.8, 4) is 17.1 Å². The van der Waals surface area contributed by atoms with Gasteiger partial charge in [0.25, 0.3) is 11.5 Å². The highest BCUT2D eigenvalue weighted by Gasteiger charge is 2.46. The number of cyclic esters (lactones) is 1. The Bertz CT molecular complexity index is 3560. The first-order valence-corrected chi connectivity index (χ1v) is 32.2. The smallest absolute Gasteiger partial charge is 0.343 e. The van der Waals surface area contributed by atoms with Crippen molar-refractivity contribution in [1.29, 1.82) is 0 Å². The number of nitrogens with zero attached hydrogens (tertiary/aromatic N) is 3. The number of aromatic nitrogens is 3. The number of nitrogens with one attached hydrogen (secondary N) is 4. The van der Waals surface area contributed by atoms with Crippen LogP contribution in [0.25, 0.3) is 32.5 Å². The van der Waals surface area contributed by atoms with Gasteiger partial charge in [0.05, 0.1) is 168 Å². The van der Waals surface area contributed by atoms with E-state index >= 15 is 0 Å². The summed E-state index contributed by atoms with van der Waals surface area (Å²) in [5, 5.41) is 22.5. The number of hydrogen-bond acceptors (Lipinski definition) is 22. The average Bonchev–Trinajstić information content (AvgIpc) is 1.60. The molecule has 5 aromatic rings. The van der Waals surface area contributed by atoms with Crippen LogP contribution < -0.4 is 31.6 Å². The molecule has 3 aliphatic heterocycles. The second kappa shape index (κ2) is 30.9. The number of aliphatic hydroxyl groups is 1. The summed E-state index contributed by atoms with van der Waals surface area (Å²) in [4.78, 5) is 88.1. The van der Waals surface area contributed by atoms with E-state index < -0.39 is 68.2 Å². The van der Waals surface area contributed by atoms with E-state index in [-0.39, 0.29) is 110 Å². The molecule has 0 saturated heterocycles. The third-order valence-corrected chi connectivity index (χ3v) is 19.0. The number of carbonyl (C=O) groups is 5. The maximum absolute atomic E-state index is 14.7. The summed E-state index contributed by atoms with van der Waals surface area (Å²) in [6.07, 6.45) is 1.71. The maximum Gasteiger partial charge on any atom is 0.343 e. The van der Waals surface area contributed by atoms with Gasteiger partial charge in [-0.05, 0) is 61.9 Å². The normalized spacial score (nSPS) is 16.6. The van der Waals surface area contributed by atoms with Crippen LogP contribution in [-0.4, -0.2) is 194 Å². The number of amides is 4. The number of esters is 1. The summed E-state index contributed by atoms with van der Waals surface area (Å²) >= 11 is 0.937. The highest BCUT2D eigenvalue weighted by atomic mass is 32.2. The van der Waals surface area contributed by atoms with Gasteiger partial charge in [-0.15, -0.1) is 11.3 Å². The van der Waals surface area contributed by atoms with E-state index in [1.807, 2.05) is 0 Å². The fourth-order valence-corrected chi connectivity index (χ4v) is 13.4. The lowest BCUT2D eigenvalue weighted by atomic mass is 9.86. The minimum Gasteiger partial charge on any atom is -0.490 e. The number of hydrogen-bond donors (Lipinski definition) is 5. The first kappa shape index (κ1) is 66.8. The monoisotopic (exact) mass is 1280 g/mol. The van der Waals surface area contributed by atoms with Gasteiger partial charge in [-0.3, -0.25) is 24.0 Å². The van der Waals surface area contributed by atoms with Crippen LogP contribution in [0.5, 0.6) is 5.75 Å². The Balaban J connectivity index is 0.553. The number of rotatable bonds is 37. The standard InChI is InChI=1S/C60H76FN7O19S2/c1-5-60(75)42-31-47-52-40(33-68(47)57(73)41(42)34-87-58(60)74)38-10-14-86-53-45(9-8-44(64-52)50(38)53)65-54(70)36(4)63-56(72)51(35(2)3)67-49(69)11-13-78-16-18-80-20-22-82-24-26-84-28-29-85-27-25-83-23-21-81-19-17-79-15-12-62-55(71)39-30-48-46(32-43(39)61)66-59(88-48)89(76,77)37-6-7-37/h8-9,30-32,35-37,51,75H,5-7,10-29,33-34H2,1-4H3,(H,62,71)(H,63,72)(H,65,70)(H,67,69)/t36-,51-,60-/m0/s1. The largest absolute Gasteiger partial charge is 0.490 e. The van der Waals surface area contributed by atoms with Crippen LogP contribution in [0.3, 0.4) is 0 Å². The Hall–Kier alpha value is -6.64. The molecule has 4 aliphatic rings. The summed E-state index contributed by atoms with van der Waals surface area (Å²) in [5.74, 6) is -3.59. The number of thiazole rings is 1. The van der Waals surface area contributed by atoms with E-state index in [1.165, 1.54) is 13.0 Å². The zero-order valence-electron chi connectivity index (χ0n) is 50.2. The second-order valence-corrected chi connectivity index (χ2v) is 25.3. The van der Waals surface area contributed by atoms with Gasteiger partial charge < -0.3 is 78.3 Å². The van der Waals surface area contributed by atoms with E-state index in [0.29, 0.717) is 130 Å².